The van der Waals surface area contributed by atoms with E-state index < -0.39 is 7.26 Å². The molecule has 0 aliphatic carbocycles. The first-order chi connectivity index (χ1) is 13.8. The summed E-state index contributed by atoms with van der Waals surface area (Å²) < 4.78 is 5.36. The van der Waals surface area contributed by atoms with Crippen LogP contribution in [0.1, 0.15) is 5.56 Å². The Kier molecular flexibility index (Phi) is 7.46. The van der Waals surface area contributed by atoms with Crippen LogP contribution in [0.4, 0.5) is 0 Å². The van der Waals surface area contributed by atoms with Crippen LogP contribution >= 0.6 is 7.26 Å². The highest BCUT2D eigenvalue weighted by molar-refractivity contribution is 7.95. The molecule has 4 aromatic carbocycles. The summed E-state index contributed by atoms with van der Waals surface area (Å²) in [6.07, 6.45) is 0.981. The molecule has 0 radical (unpaired) electrons. The lowest BCUT2D eigenvalue weighted by molar-refractivity contribution is -0.00000577. The van der Waals surface area contributed by atoms with Crippen LogP contribution < -0.4 is 44.6 Å². The molecule has 0 saturated heterocycles. The molecule has 4 aromatic rings. The van der Waals surface area contributed by atoms with Crippen molar-refractivity contribution >= 4 is 23.2 Å². The molecule has 0 aliphatic rings. The maximum atomic E-state index is 5.36. The summed E-state index contributed by atoms with van der Waals surface area (Å²) in [6.45, 7) is 0. The van der Waals surface area contributed by atoms with E-state index in [4.69, 9.17) is 4.74 Å². The zero-order chi connectivity index (χ0) is 19.2. The first-order valence-corrected chi connectivity index (χ1v) is 11.5. The van der Waals surface area contributed by atoms with Crippen molar-refractivity contribution in [2.75, 3.05) is 7.11 Å². The van der Waals surface area contributed by atoms with Gasteiger partial charge in [0.1, 0.15) is 28.9 Å². The van der Waals surface area contributed by atoms with Crippen LogP contribution in [0.25, 0.3) is 0 Å². The minimum atomic E-state index is -1.84. The number of benzene rings is 4. The lowest BCUT2D eigenvalue weighted by Gasteiger charge is -2.27. The van der Waals surface area contributed by atoms with E-state index in [1.54, 1.807) is 7.11 Å². The molecule has 0 amide bonds. The maximum absolute atomic E-state index is 5.36. The summed E-state index contributed by atoms with van der Waals surface area (Å²) in [5.74, 6) is 0.895. The molecule has 0 fully saturated rings. The number of rotatable bonds is 6. The van der Waals surface area contributed by atoms with Crippen molar-refractivity contribution in [3.05, 3.63) is 121 Å². The van der Waals surface area contributed by atoms with Crippen LogP contribution in [0, 0.1) is 0 Å². The monoisotopic (exact) mass is 510 g/mol. The fourth-order valence-corrected chi connectivity index (χ4v) is 8.02. The smallest absolute Gasteiger partial charge is 0.118 e. The van der Waals surface area contributed by atoms with E-state index in [0.717, 1.165) is 11.9 Å². The van der Waals surface area contributed by atoms with Crippen molar-refractivity contribution in [1.29, 1.82) is 0 Å². The van der Waals surface area contributed by atoms with Gasteiger partial charge in [0.2, 0.25) is 0 Å². The Bertz CT molecular complexity index is 906. The minimum absolute atomic E-state index is 0. The Morgan fingerprint density at radius 1 is 0.552 bits per heavy atom. The Morgan fingerprint density at radius 2 is 0.931 bits per heavy atom. The van der Waals surface area contributed by atoms with E-state index in [9.17, 15) is 0 Å². The van der Waals surface area contributed by atoms with Crippen molar-refractivity contribution in [2.24, 2.45) is 0 Å². The number of halogens is 1. The molecule has 0 aromatic heterocycles. The summed E-state index contributed by atoms with van der Waals surface area (Å²) in [5, 5.41) is 4.22. The molecule has 0 N–H and O–H groups in total. The van der Waals surface area contributed by atoms with Crippen LogP contribution in [-0.2, 0) is 6.16 Å². The Labute approximate surface area is 191 Å². The first-order valence-electron chi connectivity index (χ1n) is 9.51. The van der Waals surface area contributed by atoms with E-state index in [1.807, 2.05) is 0 Å². The average molecular weight is 510 g/mol. The molecule has 4 rings (SSSR count). The summed E-state index contributed by atoms with van der Waals surface area (Å²) in [4.78, 5) is 0. The maximum Gasteiger partial charge on any atom is 0.118 e. The minimum Gasteiger partial charge on any atom is -1.00 e. The number of hydrogen-bond donors (Lipinski definition) is 0. The van der Waals surface area contributed by atoms with Gasteiger partial charge in [0.15, 0.2) is 0 Å². The molecule has 0 saturated carbocycles. The van der Waals surface area contributed by atoms with Crippen molar-refractivity contribution < 1.29 is 28.7 Å². The van der Waals surface area contributed by atoms with Gasteiger partial charge in [-0.05, 0) is 54.1 Å². The van der Waals surface area contributed by atoms with Gasteiger partial charge < -0.3 is 28.7 Å². The zero-order valence-electron chi connectivity index (χ0n) is 16.4. The number of ether oxygens (including phenoxy) is 1. The third-order valence-corrected chi connectivity index (χ3v) is 9.55. The van der Waals surface area contributed by atoms with Gasteiger partial charge in [-0.2, -0.15) is 0 Å². The van der Waals surface area contributed by atoms with Gasteiger partial charge in [-0.25, -0.2) is 0 Å². The van der Waals surface area contributed by atoms with Gasteiger partial charge in [-0.3, -0.25) is 0 Å². The van der Waals surface area contributed by atoms with Crippen molar-refractivity contribution in [2.45, 2.75) is 6.16 Å². The quantitative estimate of drug-likeness (QED) is 0.286. The number of methoxy groups -OCH3 is 1. The molecule has 0 unspecified atom stereocenters. The predicted molar refractivity (Wildman–Crippen MR) is 122 cm³/mol. The highest BCUT2D eigenvalue weighted by Crippen LogP contribution is 2.58. The highest BCUT2D eigenvalue weighted by Gasteiger charge is 2.45. The second kappa shape index (κ2) is 10.0. The normalized spacial score (nSPS) is 10.8. The van der Waals surface area contributed by atoms with Gasteiger partial charge in [-0.15, -0.1) is 0 Å². The van der Waals surface area contributed by atoms with E-state index in [-0.39, 0.29) is 24.0 Å². The predicted octanol–water partition coefficient (Wildman–Crippen LogP) is 2.19. The molecule has 0 atom stereocenters. The van der Waals surface area contributed by atoms with Gasteiger partial charge in [0, 0.05) is 0 Å². The topological polar surface area (TPSA) is 9.23 Å². The van der Waals surface area contributed by atoms with E-state index >= 15 is 0 Å². The zero-order valence-corrected chi connectivity index (χ0v) is 19.5. The molecule has 3 heteroatoms. The summed E-state index contributed by atoms with van der Waals surface area (Å²) in [7, 11) is -0.127. The molecule has 0 heterocycles. The fourth-order valence-electron chi connectivity index (χ4n) is 3.77. The van der Waals surface area contributed by atoms with E-state index in [0.29, 0.717) is 0 Å². The van der Waals surface area contributed by atoms with Gasteiger partial charge >= 0.3 is 0 Å². The highest BCUT2D eigenvalue weighted by atomic mass is 127. The standard InChI is InChI=1S/C26H24OP.HI/c1-27-23-19-17-22(18-20-23)21-28(24-11-5-2-6-12-24,25-13-7-3-8-14-25)26-15-9-4-10-16-26;/h2-20H,21H2,1H3;1H/q+1;/p-1. The Hall–Kier alpha value is -2.16. The van der Waals surface area contributed by atoms with Crippen LogP contribution in [0.5, 0.6) is 5.75 Å². The average Bonchev–Trinajstić information content (AvgIpc) is 2.80. The first kappa shape index (κ1) is 21.5. The molecular formula is C26H24IOP. The SMILES string of the molecule is COc1ccc(C[P+](c2ccccc2)(c2ccccc2)c2ccccc2)cc1.[I-]. The third kappa shape index (κ3) is 4.55. The van der Waals surface area contributed by atoms with E-state index in [1.165, 1.54) is 21.5 Å². The van der Waals surface area contributed by atoms with E-state index in [2.05, 4.69) is 115 Å². The molecule has 1 nitrogen and oxygen atoms in total. The Morgan fingerprint density at radius 3 is 1.28 bits per heavy atom. The van der Waals surface area contributed by atoms with Crippen LogP contribution in [0.3, 0.4) is 0 Å². The fraction of sp³-hybridized carbons (Fsp3) is 0.0769. The largest absolute Gasteiger partial charge is 1.00 e. The summed E-state index contributed by atoms with van der Waals surface area (Å²) in [6, 6.07) is 41.5. The molecule has 0 bridgehead atoms. The third-order valence-electron chi connectivity index (χ3n) is 5.17. The van der Waals surface area contributed by atoms with Gasteiger partial charge in [0.05, 0.1) is 13.3 Å². The van der Waals surface area contributed by atoms with Gasteiger partial charge in [0.25, 0.3) is 0 Å². The van der Waals surface area contributed by atoms with Crippen molar-refractivity contribution in [3.8, 4) is 5.75 Å². The molecule has 0 spiro atoms. The van der Waals surface area contributed by atoms with Gasteiger partial charge in [-0.1, -0.05) is 66.7 Å². The summed E-state index contributed by atoms with van der Waals surface area (Å²) >= 11 is 0. The molecule has 146 valence electrons. The summed E-state index contributed by atoms with van der Waals surface area (Å²) in [5.41, 5.74) is 1.32. The second-order valence-electron chi connectivity index (χ2n) is 6.82. The van der Waals surface area contributed by atoms with Crippen LogP contribution in [-0.4, -0.2) is 7.11 Å². The lowest BCUT2D eigenvalue weighted by Crippen LogP contribution is -3.00. The van der Waals surface area contributed by atoms with Crippen LogP contribution in [0.2, 0.25) is 0 Å². The second-order valence-corrected chi connectivity index (χ2v) is 10.3. The molecular weight excluding hydrogens is 486 g/mol. The van der Waals surface area contributed by atoms with Crippen molar-refractivity contribution in [1.82, 2.24) is 0 Å². The lowest BCUT2D eigenvalue weighted by atomic mass is 10.2. The molecule has 0 aliphatic heterocycles. The number of hydrogen-bond acceptors (Lipinski definition) is 1. The van der Waals surface area contributed by atoms with Crippen molar-refractivity contribution in [3.63, 3.8) is 0 Å². The van der Waals surface area contributed by atoms with Crippen LogP contribution in [0.15, 0.2) is 115 Å². The molecule has 29 heavy (non-hydrogen) atoms. The Balaban J connectivity index is 0.00000240.